The minimum atomic E-state index is -0.405. The van der Waals surface area contributed by atoms with Gasteiger partial charge in [0.15, 0.2) is 0 Å². The van der Waals surface area contributed by atoms with Crippen LogP contribution in [0.15, 0.2) is 63.7 Å². The molecule has 122 valence electrons. The number of rotatable bonds is 4. The Labute approximate surface area is 154 Å². The molecule has 4 nitrogen and oxygen atoms in total. The van der Waals surface area contributed by atoms with E-state index in [0.717, 1.165) is 10.0 Å². The Kier molecular flexibility index (Phi) is 5.11. The van der Waals surface area contributed by atoms with Crippen molar-refractivity contribution in [3.8, 4) is 0 Å². The number of amides is 1. The fourth-order valence-corrected chi connectivity index (χ4v) is 3.21. The molecule has 1 aromatic heterocycles. The summed E-state index contributed by atoms with van der Waals surface area (Å²) < 4.78 is 16.2. The number of benzene rings is 2. The van der Waals surface area contributed by atoms with E-state index in [0.29, 0.717) is 22.4 Å². The molecule has 3 aromatic rings. The van der Waals surface area contributed by atoms with E-state index in [9.17, 15) is 9.18 Å². The molecule has 0 aliphatic rings. The third kappa shape index (κ3) is 3.91. The fraction of sp³-hybridized carbons (Fsp3) is 0.0588. The maximum atomic E-state index is 13.1. The summed E-state index contributed by atoms with van der Waals surface area (Å²) in [5.74, 6) is -0.174. The molecule has 0 fully saturated rings. The van der Waals surface area contributed by atoms with E-state index in [-0.39, 0.29) is 5.91 Å². The smallest absolute Gasteiger partial charge is 0.257 e. The lowest BCUT2D eigenvalue weighted by atomic mass is 10.2. The molecule has 24 heavy (non-hydrogen) atoms. The molecule has 0 radical (unpaired) electrons. The van der Waals surface area contributed by atoms with Crippen molar-refractivity contribution in [3.63, 3.8) is 0 Å². The zero-order chi connectivity index (χ0) is 17.1. The number of hydrogen-bond acceptors (Lipinski definition) is 2. The third-order valence-electron chi connectivity index (χ3n) is 3.36. The lowest BCUT2D eigenvalue weighted by Crippen LogP contribution is -2.16. The molecule has 7 heteroatoms. The molecular formula is C17H12Br2FN3O. The number of halogens is 3. The zero-order valence-corrected chi connectivity index (χ0v) is 15.5. The zero-order valence-electron chi connectivity index (χ0n) is 12.3. The van der Waals surface area contributed by atoms with Crippen molar-refractivity contribution in [1.29, 1.82) is 0 Å². The highest BCUT2D eigenvalue weighted by Gasteiger charge is 2.13. The van der Waals surface area contributed by atoms with E-state index in [2.05, 4.69) is 42.3 Å². The van der Waals surface area contributed by atoms with E-state index in [4.69, 9.17) is 0 Å². The molecule has 0 aliphatic heterocycles. The average molecular weight is 453 g/mol. The topological polar surface area (TPSA) is 46.9 Å². The van der Waals surface area contributed by atoms with Crippen LogP contribution >= 0.6 is 31.9 Å². The molecule has 1 amide bonds. The first-order valence-corrected chi connectivity index (χ1v) is 8.64. The van der Waals surface area contributed by atoms with Gasteiger partial charge in [0.25, 0.3) is 5.91 Å². The van der Waals surface area contributed by atoms with Gasteiger partial charge in [-0.05, 0) is 51.8 Å². The first-order chi connectivity index (χ1) is 11.5. The second-order valence-electron chi connectivity index (χ2n) is 5.08. The molecule has 0 unspecified atom stereocenters. The molecule has 0 atom stereocenters. The van der Waals surface area contributed by atoms with Gasteiger partial charge >= 0.3 is 0 Å². The van der Waals surface area contributed by atoms with Gasteiger partial charge in [0.2, 0.25) is 0 Å². The van der Waals surface area contributed by atoms with Crippen molar-refractivity contribution < 1.29 is 9.18 Å². The van der Waals surface area contributed by atoms with E-state index in [1.807, 2.05) is 24.3 Å². The number of hydrogen-bond donors (Lipinski definition) is 1. The van der Waals surface area contributed by atoms with Crippen molar-refractivity contribution in [2.45, 2.75) is 6.54 Å². The first-order valence-electron chi connectivity index (χ1n) is 7.05. The standard InChI is InChI=1S/C17H12Br2FN3O/c18-12-3-1-2-11(8-12)10-23-16(6-7-21-23)22-17(24)14-5-4-13(20)9-15(14)19/h1-9H,10H2,(H,22,24). The van der Waals surface area contributed by atoms with Gasteiger partial charge < -0.3 is 5.32 Å². The van der Waals surface area contributed by atoms with Gasteiger partial charge in [-0.25, -0.2) is 9.07 Å². The van der Waals surface area contributed by atoms with Crippen LogP contribution < -0.4 is 5.32 Å². The molecule has 0 bridgehead atoms. The van der Waals surface area contributed by atoms with E-state index in [1.165, 1.54) is 18.2 Å². The van der Waals surface area contributed by atoms with Gasteiger partial charge in [-0.1, -0.05) is 28.1 Å². The summed E-state index contributed by atoms with van der Waals surface area (Å²) in [4.78, 5) is 12.4. The summed E-state index contributed by atoms with van der Waals surface area (Å²) >= 11 is 6.64. The second kappa shape index (κ2) is 7.27. The fourth-order valence-electron chi connectivity index (χ4n) is 2.23. The number of aromatic nitrogens is 2. The third-order valence-corrected chi connectivity index (χ3v) is 4.50. The second-order valence-corrected chi connectivity index (χ2v) is 6.85. The molecule has 0 spiro atoms. The molecular weight excluding hydrogens is 441 g/mol. The highest BCUT2D eigenvalue weighted by molar-refractivity contribution is 9.10. The quantitative estimate of drug-likeness (QED) is 0.615. The predicted octanol–water partition coefficient (Wildman–Crippen LogP) is 4.85. The summed E-state index contributed by atoms with van der Waals surface area (Å²) in [5.41, 5.74) is 1.40. The van der Waals surface area contributed by atoms with E-state index < -0.39 is 5.82 Å². The van der Waals surface area contributed by atoms with Crippen molar-refractivity contribution in [1.82, 2.24) is 9.78 Å². The molecule has 0 saturated heterocycles. The minimum Gasteiger partial charge on any atom is -0.307 e. The van der Waals surface area contributed by atoms with Crippen LogP contribution in [0.3, 0.4) is 0 Å². The number of carbonyl (C=O) groups is 1. The van der Waals surface area contributed by atoms with Crippen LogP contribution in [-0.2, 0) is 6.54 Å². The van der Waals surface area contributed by atoms with Gasteiger partial charge in [0.1, 0.15) is 11.6 Å². The molecule has 3 rings (SSSR count). The minimum absolute atomic E-state index is 0.335. The van der Waals surface area contributed by atoms with Crippen LogP contribution in [0.5, 0.6) is 0 Å². The summed E-state index contributed by atoms with van der Waals surface area (Å²) in [6.45, 7) is 0.520. The lowest BCUT2D eigenvalue weighted by molar-refractivity contribution is 0.102. The van der Waals surface area contributed by atoms with E-state index >= 15 is 0 Å². The van der Waals surface area contributed by atoms with Gasteiger partial charge in [0, 0.05) is 15.0 Å². The van der Waals surface area contributed by atoms with Gasteiger partial charge in [0.05, 0.1) is 18.3 Å². The number of nitrogens with one attached hydrogen (secondary N) is 1. The van der Waals surface area contributed by atoms with Crippen LogP contribution in [0.25, 0.3) is 0 Å². The number of carbonyl (C=O) groups excluding carboxylic acids is 1. The van der Waals surface area contributed by atoms with Crippen LogP contribution in [0.4, 0.5) is 10.2 Å². The Hall–Kier alpha value is -1.99. The number of nitrogens with zero attached hydrogens (tertiary/aromatic N) is 2. The van der Waals surface area contributed by atoms with Crippen LogP contribution in [0.2, 0.25) is 0 Å². The molecule has 1 N–H and O–H groups in total. The Bertz CT molecular complexity index is 895. The molecule has 2 aromatic carbocycles. The summed E-state index contributed by atoms with van der Waals surface area (Å²) in [5, 5.41) is 7.04. The summed E-state index contributed by atoms with van der Waals surface area (Å²) in [6, 6.07) is 13.5. The van der Waals surface area contributed by atoms with Crippen LogP contribution in [-0.4, -0.2) is 15.7 Å². The monoisotopic (exact) mass is 451 g/mol. The van der Waals surface area contributed by atoms with Gasteiger partial charge in [-0.15, -0.1) is 0 Å². The van der Waals surface area contributed by atoms with Crippen molar-refractivity contribution in [3.05, 3.63) is 80.6 Å². The van der Waals surface area contributed by atoms with Crippen LogP contribution in [0, 0.1) is 5.82 Å². The Balaban J connectivity index is 1.79. The van der Waals surface area contributed by atoms with Gasteiger partial charge in [-0.2, -0.15) is 5.10 Å². The lowest BCUT2D eigenvalue weighted by Gasteiger charge is -2.10. The number of anilines is 1. The van der Waals surface area contributed by atoms with Crippen molar-refractivity contribution >= 4 is 43.6 Å². The predicted molar refractivity (Wildman–Crippen MR) is 97.5 cm³/mol. The van der Waals surface area contributed by atoms with E-state index in [1.54, 1.807) is 16.9 Å². The Morgan fingerprint density at radius 2 is 2.00 bits per heavy atom. The maximum absolute atomic E-state index is 13.1. The Morgan fingerprint density at radius 3 is 2.75 bits per heavy atom. The van der Waals surface area contributed by atoms with Crippen molar-refractivity contribution in [2.75, 3.05) is 5.32 Å². The molecule has 1 heterocycles. The summed E-state index contributed by atoms with van der Waals surface area (Å²) in [7, 11) is 0. The highest BCUT2D eigenvalue weighted by atomic mass is 79.9. The molecule has 0 saturated carbocycles. The molecule has 0 aliphatic carbocycles. The Morgan fingerprint density at radius 1 is 1.17 bits per heavy atom. The highest BCUT2D eigenvalue weighted by Crippen LogP contribution is 2.20. The average Bonchev–Trinajstić information content (AvgIpc) is 2.94. The normalized spacial score (nSPS) is 10.6. The SMILES string of the molecule is O=C(Nc1ccnn1Cc1cccc(Br)c1)c1ccc(F)cc1Br. The maximum Gasteiger partial charge on any atom is 0.257 e. The summed E-state index contributed by atoms with van der Waals surface area (Å²) in [6.07, 6.45) is 1.62. The first kappa shape index (κ1) is 16.9. The largest absolute Gasteiger partial charge is 0.307 e. The van der Waals surface area contributed by atoms with Crippen molar-refractivity contribution in [2.24, 2.45) is 0 Å². The van der Waals surface area contributed by atoms with Crippen LogP contribution in [0.1, 0.15) is 15.9 Å². The van der Waals surface area contributed by atoms with Gasteiger partial charge in [-0.3, -0.25) is 4.79 Å².